The molecule has 2 aromatic rings. The average Bonchev–Trinajstić information content (AvgIpc) is 2.92. The number of aliphatic hydroxyl groups is 1. The molecule has 0 bridgehead atoms. The summed E-state index contributed by atoms with van der Waals surface area (Å²) in [5.74, 6) is 1.50. The van der Waals surface area contributed by atoms with E-state index in [1.807, 2.05) is 0 Å². The van der Waals surface area contributed by atoms with Gasteiger partial charge in [-0.15, -0.1) is 0 Å². The lowest BCUT2D eigenvalue weighted by Crippen LogP contribution is -2.24. The number of furan rings is 1. The maximum Gasteiger partial charge on any atom is 0.292 e. The summed E-state index contributed by atoms with van der Waals surface area (Å²) in [6.45, 7) is 7.70. The van der Waals surface area contributed by atoms with Gasteiger partial charge in [-0.25, -0.2) is 0 Å². The molecule has 1 atom stereocenters. The van der Waals surface area contributed by atoms with E-state index in [0.717, 1.165) is 5.56 Å². The van der Waals surface area contributed by atoms with Crippen molar-refractivity contribution in [1.82, 2.24) is 5.16 Å². The van der Waals surface area contributed by atoms with E-state index in [4.69, 9.17) is 8.94 Å². The molecule has 2 aromatic heterocycles. The normalized spacial score (nSPS) is 19.8. The van der Waals surface area contributed by atoms with E-state index < -0.39 is 6.10 Å². The van der Waals surface area contributed by atoms with E-state index >= 15 is 0 Å². The summed E-state index contributed by atoms with van der Waals surface area (Å²) < 4.78 is 10.7. The minimum absolute atomic E-state index is 0.0479. The summed E-state index contributed by atoms with van der Waals surface area (Å²) in [5.41, 5.74) is 1.39. The van der Waals surface area contributed by atoms with Gasteiger partial charge in [0.1, 0.15) is 11.5 Å². The van der Waals surface area contributed by atoms with Crippen LogP contribution in [0.2, 0.25) is 0 Å². The standard InChI is InChI=1S/C16H20N2O4/c1-8-5-12(18-22-8)17-15(20)14-9(2)13-10(19)6-16(3,4)7-11(13)21-14/h5,10,19H,6-7H2,1-4H3,(H,17,18,20). The van der Waals surface area contributed by atoms with Crippen LogP contribution in [0.1, 0.15) is 59.6 Å². The molecule has 0 radical (unpaired) electrons. The quantitative estimate of drug-likeness (QED) is 0.889. The predicted octanol–water partition coefficient (Wildman–Crippen LogP) is 3.14. The molecule has 1 unspecified atom stereocenters. The van der Waals surface area contributed by atoms with Crippen LogP contribution in [0.15, 0.2) is 15.0 Å². The smallest absolute Gasteiger partial charge is 0.292 e. The first-order valence-electron chi connectivity index (χ1n) is 7.32. The van der Waals surface area contributed by atoms with E-state index in [9.17, 15) is 9.90 Å². The Morgan fingerprint density at radius 1 is 1.45 bits per heavy atom. The molecule has 2 heterocycles. The summed E-state index contributed by atoms with van der Waals surface area (Å²) in [7, 11) is 0. The summed E-state index contributed by atoms with van der Waals surface area (Å²) in [4.78, 5) is 12.4. The number of fused-ring (bicyclic) bond motifs is 1. The van der Waals surface area contributed by atoms with Crippen LogP contribution < -0.4 is 5.32 Å². The Balaban J connectivity index is 1.91. The van der Waals surface area contributed by atoms with Crippen molar-refractivity contribution in [1.29, 1.82) is 0 Å². The molecule has 6 heteroatoms. The Morgan fingerprint density at radius 3 is 2.82 bits per heavy atom. The number of nitrogens with one attached hydrogen (secondary N) is 1. The van der Waals surface area contributed by atoms with Crippen LogP contribution in [0.3, 0.4) is 0 Å². The Morgan fingerprint density at radius 2 is 2.18 bits per heavy atom. The molecule has 1 aliphatic rings. The molecule has 0 aliphatic heterocycles. The second kappa shape index (κ2) is 4.98. The molecule has 118 valence electrons. The lowest BCUT2D eigenvalue weighted by Gasteiger charge is -2.31. The predicted molar refractivity (Wildman–Crippen MR) is 79.7 cm³/mol. The van der Waals surface area contributed by atoms with E-state index in [1.54, 1.807) is 19.9 Å². The monoisotopic (exact) mass is 304 g/mol. The molecule has 0 saturated carbocycles. The van der Waals surface area contributed by atoms with Crippen molar-refractivity contribution in [3.63, 3.8) is 0 Å². The summed E-state index contributed by atoms with van der Waals surface area (Å²) in [5, 5.41) is 16.7. The molecule has 0 saturated heterocycles. The third-order valence-corrected chi connectivity index (χ3v) is 4.06. The van der Waals surface area contributed by atoms with Crippen molar-refractivity contribution < 1.29 is 18.8 Å². The third kappa shape index (κ3) is 2.54. The zero-order chi connectivity index (χ0) is 16.1. The zero-order valence-electron chi connectivity index (χ0n) is 13.2. The topological polar surface area (TPSA) is 88.5 Å². The van der Waals surface area contributed by atoms with Gasteiger partial charge in [0.15, 0.2) is 11.6 Å². The SMILES string of the molecule is Cc1cc(NC(=O)c2oc3c(c2C)C(O)CC(C)(C)C3)no1. The second-order valence-corrected chi connectivity index (χ2v) is 6.73. The minimum atomic E-state index is -0.599. The number of aryl methyl sites for hydroxylation is 1. The van der Waals surface area contributed by atoms with Crippen molar-refractivity contribution in [2.45, 2.75) is 46.6 Å². The van der Waals surface area contributed by atoms with Crippen LogP contribution in [-0.4, -0.2) is 16.2 Å². The number of hydrogen-bond acceptors (Lipinski definition) is 5. The van der Waals surface area contributed by atoms with Gasteiger partial charge in [0.2, 0.25) is 0 Å². The molecule has 1 aliphatic carbocycles. The zero-order valence-corrected chi connectivity index (χ0v) is 13.2. The van der Waals surface area contributed by atoms with E-state index in [1.165, 1.54) is 0 Å². The minimum Gasteiger partial charge on any atom is -0.455 e. The highest BCUT2D eigenvalue weighted by atomic mass is 16.5. The maximum absolute atomic E-state index is 12.4. The molecule has 0 fully saturated rings. The largest absolute Gasteiger partial charge is 0.455 e. The van der Waals surface area contributed by atoms with Gasteiger partial charge in [-0.05, 0) is 25.7 Å². The maximum atomic E-state index is 12.4. The van der Waals surface area contributed by atoms with Gasteiger partial charge in [0.05, 0.1) is 6.10 Å². The van der Waals surface area contributed by atoms with Gasteiger partial charge in [-0.3, -0.25) is 4.79 Å². The Bertz CT molecular complexity index is 727. The fourth-order valence-corrected chi connectivity index (χ4v) is 3.10. The average molecular weight is 304 g/mol. The first-order valence-corrected chi connectivity index (χ1v) is 7.32. The van der Waals surface area contributed by atoms with Gasteiger partial charge < -0.3 is 19.4 Å². The molecular weight excluding hydrogens is 284 g/mol. The Hall–Kier alpha value is -2.08. The highest BCUT2D eigenvalue weighted by molar-refractivity contribution is 6.03. The third-order valence-electron chi connectivity index (χ3n) is 4.06. The summed E-state index contributed by atoms with van der Waals surface area (Å²) in [6.07, 6.45) is 0.763. The van der Waals surface area contributed by atoms with Crippen molar-refractivity contribution in [2.24, 2.45) is 5.41 Å². The lowest BCUT2D eigenvalue weighted by molar-refractivity contribution is 0.0910. The van der Waals surface area contributed by atoms with E-state index in [2.05, 4.69) is 24.3 Å². The van der Waals surface area contributed by atoms with Crippen LogP contribution >= 0.6 is 0 Å². The Labute approximate surface area is 128 Å². The van der Waals surface area contributed by atoms with E-state index in [-0.39, 0.29) is 17.1 Å². The fraction of sp³-hybridized carbons (Fsp3) is 0.500. The van der Waals surface area contributed by atoms with Crippen molar-refractivity contribution in [3.05, 3.63) is 34.5 Å². The first-order chi connectivity index (χ1) is 10.3. The Kier molecular flexibility index (Phi) is 3.36. The lowest BCUT2D eigenvalue weighted by atomic mass is 9.75. The van der Waals surface area contributed by atoms with Crippen LogP contribution in [0.25, 0.3) is 0 Å². The van der Waals surface area contributed by atoms with Crippen LogP contribution in [0.5, 0.6) is 0 Å². The molecule has 2 N–H and O–H groups in total. The van der Waals surface area contributed by atoms with Crippen molar-refractivity contribution >= 4 is 11.7 Å². The number of anilines is 1. The van der Waals surface area contributed by atoms with Gasteiger partial charge >= 0.3 is 0 Å². The fourth-order valence-electron chi connectivity index (χ4n) is 3.10. The van der Waals surface area contributed by atoms with E-state index in [0.29, 0.717) is 35.7 Å². The molecule has 0 spiro atoms. The van der Waals surface area contributed by atoms with Gasteiger partial charge in [-0.1, -0.05) is 19.0 Å². The molecular formula is C16H20N2O4. The van der Waals surface area contributed by atoms with Crippen LogP contribution in [0, 0.1) is 19.3 Å². The van der Waals surface area contributed by atoms with Crippen molar-refractivity contribution in [3.8, 4) is 0 Å². The molecule has 6 nitrogen and oxygen atoms in total. The molecule has 0 aromatic carbocycles. The number of nitrogens with zero attached hydrogens (tertiary/aromatic N) is 1. The number of hydrogen-bond donors (Lipinski definition) is 2. The number of amides is 1. The number of carbonyl (C=O) groups excluding carboxylic acids is 1. The summed E-state index contributed by atoms with van der Waals surface area (Å²) >= 11 is 0. The molecule has 22 heavy (non-hydrogen) atoms. The van der Waals surface area contributed by atoms with Gasteiger partial charge in [0, 0.05) is 23.6 Å². The number of rotatable bonds is 2. The highest BCUT2D eigenvalue weighted by Crippen LogP contribution is 2.43. The van der Waals surface area contributed by atoms with Gasteiger partial charge in [-0.2, -0.15) is 0 Å². The van der Waals surface area contributed by atoms with Crippen molar-refractivity contribution in [2.75, 3.05) is 5.32 Å². The molecule has 1 amide bonds. The highest BCUT2D eigenvalue weighted by Gasteiger charge is 2.37. The first kappa shape index (κ1) is 14.8. The van der Waals surface area contributed by atoms with Gasteiger partial charge in [0.25, 0.3) is 5.91 Å². The number of carbonyl (C=O) groups is 1. The summed E-state index contributed by atoms with van der Waals surface area (Å²) in [6, 6.07) is 1.63. The second-order valence-electron chi connectivity index (χ2n) is 6.73. The van der Waals surface area contributed by atoms with Crippen LogP contribution in [-0.2, 0) is 6.42 Å². The van der Waals surface area contributed by atoms with Crippen LogP contribution in [0.4, 0.5) is 5.82 Å². The number of aromatic nitrogens is 1. The number of aliphatic hydroxyl groups excluding tert-OH is 1. The molecule has 3 rings (SSSR count).